The summed E-state index contributed by atoms with van der Waals surface area (Å²) in [7, 11) is 0. The lowest BCUT2D eigenvalue weighted by Gasteiger charge is -2.25. The van der Waals surface area contributed by atoms with Crippen LogP contribution in [0, 0.1) is 0 Å². The molecule has 0 amide bonds. The first-order chi connectivity index (χ1) is 25.3. The Hall–Kier alpha value is -6.56. The molecule has 7 aromatic carbocycles. The second-order valence-corrected chi connectivity index (χ2v) is 13.6. The topological polar surface area (TPSA) is 42.2 Å². The Morgan fingerprint density at radius 2 is 1.08 bits per heavy atom. The zero-order valence-corrected chi connectivity index (χ0v) is 28.2. The van der Waals surface area contributed by atoms with Crippen molar-refractivity contribution < 1.29 is 4.42 Å². The molecule has 240 valence electrons. The fourth-order valence-electron chi connectivity index (χ4n) is 7.10. The van der Waals surface area contributed by atoms with Crippen molar-refractivity contribution in [1.29, 1.82) is 0 Å². The van der Waals surface area contributed by atoms with Crippen LogP contribution in [-0.4, -0.2) is 9.97 Å². The van der Waals surface area contributed by atoms with Gasteiger partial charge in [0.2, 0.25) is 0 Å². The number of fused-ring (bicyclic) bond motifs is 6. The number of para-hydroxylation sites is 3. The Labute approximate surface area is 298 Å². The van der Waals surface area contributed by atoms with Crippen LogP contribution in [0.15, 0.2) is 180 Å². The molecular weight excluding hydrogens is 643 g/mol. The van der Waals surface area contributed by atoms with Gasteiger partial charge in [0.15, 0.2) is 5.82 Å². The van der Waals surface area contributed by atoms with Crippen LogP contribution in [0.3, 0.4) is 0 Å². The summed E-state index contributed by atoms with van der Waals surface area (Å²) in [6.07, 6.45) is 0. The predicted octanol–water partition coefficient (Wildman–Crippen LogP) is 13.2. The molecule has 0 atom stereocenters. The van der Waals surface area contributed by atoms with Gasteiger partial charge in [-0.3, -0.25) is 0 Å². The van der Waals surface area contributed by atoms with Crippen molar-refractivity contribution in [2.24, 2.45) is 0 Å². The minimum Gasteiger partial charge on any atom is -0.456 e. The maximum atomic E-state index is 6.55. The monoisotopic (exact) mass is 671 g/mol. The Morgan fingerprint density at radius 1 is 0.471 bits per heavy atom. The number of aromatic nitrogens is 2. The van der Waals surface area contributed by atoms with Crippen LogP contribution >= 0.6 is 11.3 Å². The smallest absolute Gasteiger partial charge is 0.161 e. The maximum absolute atomic E-state index is 6.55. The molecule has 0 fully saturated rings. The lowest BCUT2D eigenvalue weighted by atomic mass is 9.97. The fourth-order valence-corrected chi connectivity index (χ4v) is 8.26. The number of hydrogen-bond acceptors (Lipinski definition) is 5. The first-order valence-electron chi connectivity index (χ1n) is 17.0. The van der Waals surface area contributed by atoms with Gasteiger partial charge in [-0.1, -0.05) is 115 Å². The van der Waals surface area contributed by atoms with Crippen molar-refractivity contribution in [2.45, 2.75) is 0 Å². The highest BCUT2D eigenvalue weighted by Gasteiger charge is 2.21. The lowest BCUT2D eigenvalue weighted by molar-refractivity contribution is 0.669. The van der Waals surface area contributed by atoms with E-state index in [1.807, 2.05) is 30.3 Å². The van der Waals surface area contributed by atoms with Crippen LogP contribution < -0.4 is 4.90 Å². The molecule has 0 bridgehead atoms. The number of hydrogen-bond donors (Lipinski definition) is 0. The molecule has 10 aromatic rings. The van der Waals surface area contributed by atoms with Crippen molar-refractivity contribution in [3.63, 3.8) is 0 Å². The molecule has 51 heavy (non-hydrogen) atoms. The highest BCUT2D eigenvalue weighted by molar-refractivity contribution is 7.26. The highest BCUT2D eigenvalue weighted by atomic mass is 32.1. The quantitative estimate of drug-likeness (QED) is 0.176. The number of benzene rings is 7. The second-order valence-electron chi connectivity index (χ2n) is 12.6. The van der Waals surface area contributed by atoms with Crippen LogP contribution in [0.4, 0.5) is 17.1 Å². The van der Waals surface area contributed by atoms with Gasteiger partial charge in [0.1, 0.15) is 11.2 Å². The number of nitrogens with zero attached hydrogens (tertiary/aromatic N) is 3. The zero-order chi connectivity index (χ0) is 33.7. The molecule has 0 aliphatic heterocycles. The highest BCUT2D eigenvalue weighted by Crippen LogP contribution is 2.44. The number of anilines is 3. The summed E-state index contributed by atoms with van der Waals surface area (Å²) in [5.74, 6) is 0.680. The molecule has 5 heteroatoms. The van der Waals surface area contributed by atoms with E-state index in [9.17, 15) is 0 Å². The molecule has 0 saturated heterocycles. The summed E-state index contributed by atoms with van der Waals surface area (Å²) in [4.78, 5) is 13.0. The third-order valence-electron chi connectivity index (χ3n) is 9.47. The fraction of sp³-hybridized carbons (Fsp3) is 0. The van der Waals surface area contributed by atoms with E-state index in [0.29, 0.717) is 5.82 Å². The molecule has 10 rings (SSSR count). The largest absolute Gasteiger partial charge is 0.456 e. The summed E-state index contributed by atoms with van der Waals surface area (Å²) in [5.41, 5.74) is 11.0. The van der Waals surface area contributed by atoms with E-state index in [1.165, 1.54) is 4.70 Å². The summed E-state index contributed by atoms with van der Waals surface area (Å²) in [6.45, 7) is 0. The van der Waals surface area contributed by atoms with Crippen LogP contribution in [-0.2, 0) is 0 Å². The van der Waals surface area contributed by atoms with E-state index in [1.54, 1.807) is 11.3 Å². The van der Waals surface area contributed by atoms with Crippen LogP contribution in [0.25, 0.3) is 76.0 Å². The van der Waals surface area contributed by atoms with Gasteiger partial charge in [-0.2, -0.15) is 0 Å². The molecule has 0 spiro atoms. The lowest BCUT2D eigenvalue weighted by Crippen LogP contribution is -2.09. The Bertz CT molecular complexity index is 2800. The van der Waals surface area contributed by atoms with E-state index < -0.39 is 0 Å². The SMILES string of the molecule is c1ccc(-c2nc(-c3cc(-c4ccc(N(c5ccccc5)c5ccccc5)cc4)cc4oc5ccccc5c34)nc3c2sc2ccccc23)cc1. The van der Waals surface area contributed by atoms with Gasteiger partial charge in [0.05, 0.1) is 15.9 Å². The van der Waals surface area contributed by atoms with Gasteiger partial charge < -0.3 is 9.32 Å². The number of furan rings is 1. The Kier molecular flexibility index (Phi) is 6.96. The van der Waals surface area contributed by atoms with Gasteiger partial charge in [-0.25, -0.2) is 9.97 Å². The van der Waals surface area contributed by atoms with E-state index in [2.05, 4.69) is 150 Å². The van der Waals surface area contributed by atoms with Gasteiger partial charge in [-0.15, -0.1) is 11.3 Å². The first-order valence-corrected chi connectivity index (χ1v) is 17.8. The Balaban J connectivity index is 1.18. The molecule has 0 radical (unpaired) electrons. The summed E-state index contributed by atoms with van der Waals surface area (Å²) >= 11 is 1.75. The maximum Gasteiger partial charge on any atom is 0.161 e. The van der Waals surface area contributed by atoms with Crippen molar-refractivity contribution in [2.75, 3.05) is 4.90 Å². The van der Waals surface area contributed by atoms with Crippen LogP contribution in [0.1, 0.15) is 0 Å². The van der Waals surface area contributed by atoms with Crippen molar-refractivity contribution >= 4 is 70.6 Å². The molecule has 3 heterocycles. The summed E-state index contributed by atoms with van der Waals surface area (Å²) < 4.78 is 8.84. The third-order valence-corrected chi connectivity index (χ3v) is 10.6. The van der Waals surface area contributed by atoms with Crippen molar-refractivity contribution in [3.8, 4) is 33.8 Å². The average molecular weight is 672 g/mol. The molecule has 4 nitrogen and oxygen atoms in total. The van der Waals surface area contributed by atoms with E-state index in [-0.39, 0.29) is 0 Å². The summed E-state index contributed by atoms with van der Waals surface area (Å²) in [6, 6.07) is 61.2. The molecular formula is C46H29N3OS. The second kappa shape index (κ2) is 12.1. The number of thiophene rings is 1. The third kappa shape index (κ3) is 5.06. The molecule has 0 aliphatic rings. The molecule has 0 aliphatic carbocycles. The van der Waals surface area contributed by atoms with E-state index >= 15 is 0 Å². The summed E-state index contributed by atoms with van der Waals surface area (Å²) in [5, 5.41) is 3.20. The molecule has 3 aromatic heterocycles. The standard InChI is InChI=1S/C46H29N3OS/c1-4-14-31(15-5-1)43-45-44(37-21-11-13-23-41(37)51-45)48-46(47-43)38-28-32(29-40-42(38)36-20-10-12-22-39(36)50-40)30-24-26-35(27-25-30)49(33-16-6-2-7-17-33)34-18-8-3-9-19-34/h1-29H. The minimum atomic E-state index is 0.680. The van der Waals surface area contributed by atoms with E-state index in [0.717, 1.165) is 82.6 Å². The van der Waals surface area contributed by atoms with Gasteiger partial charge in [0.25, 0.3) is 0 Å². The van der Waals surface area contributed by atoms with Crippen LogP contribution in [0.2, 0.25) is 0 Å². The van der Waals surface area contributed by atoms with Gasteiger partial charge in [-0.05, 0) is 71.8 Å². The van der Waals surface area contributed by atoms with Gasteiger partial charge in [0, 0.05) is 49.0 Å². The molecule has 0 saturated carbocycles. The predicted molar refractivity (Wildman–Crippen MR) is 213 cm³/mol. The van der Waals surface area contributed by atoms with Crippen LogP contribution in [0.5, 0.6) is 0 Å². The molecule has 0 unspecified atom stereocenters. The Morgan fingerprint density at radius 3 is 1.80 bits per heavy atom. The average Bonchev–Trinajstić information content (AvgIpc) is 3.77. The van der Waals surface area contributed by atoms with Crippen molar-refractivity contribution in [3.05, 3.63) is 176 Å². The molecule has 0 N–H and O–H groups in total. The van der Waals surface area contributed by atoms with E-state index in [4.69, 9.17) is 14.4 Å². The minimum absolute atomic E-state index is 0.680. The zero-order valence-electron chi connectivity index (χ0n) is 27.4. The van der Waals surface area contributed by atoms with Gasteiger partial charge >= 0.3 is 0 Å². The normalized spacial score (nSPS) is 11.5. The van der Waals surface area contributed by atoms with Crippen molar-refractivity contribution in [1.82, 2.24) is 9.97 Å². The number of rotatable bonds is 6. The first kappa shape index (κ1) is 29.4.